The van der Waals surface area contributed by atoms with Crippen molar-refractivity contribution in [3.63, 3.8) is 0 Å². The second kappa shape index (κ2) is 5.98. The van der Waals surface area contributed by atoms with Crippen LogP contribution in [-0.4, -0.2) is 17.6 Å². The fourth-order valence-corrected chi connectivity index (χ4v) is 1.38. The SMILES string of the molecule is NCCCc1ccccc1/C=C/C(=O)O. The van der Waals surface area contributed by atoms with E-state index in [9.17, 15) is 4.79 Å². The maximum Gasteiger partial charge on any atom is 0.328 e. The summed E-state index contributed by atoms with van der Waals surface area (Å²) in [5.74, 6) is -0.927. The molecule has 0 aliphatic heterocycles. The van der Waals surface area contributed by atoms with Crippen LogP contribution in [0.15, 0.2) is 30.3 Å². The molecule has 1 rings (SSSR count). The summed E-state index contributed by atoms with van der Waals surface area (Å²) < 4.78 is 0. The third-order valence-corrected chi connectivity index (χ3v) is 2.11. The van der Waals surface area contributed by atoms with E-state index >= 15 is 0 Å². The smallest absolute Gasteiger partial charge is 0.328 e. The lowest BCUT2D eigenvalue weighted by molar-refractivity contribution is -0.131. The zero-order chi connectivity index (χ0) is 11.1. The minimum atomic E-state index is -0.927. The molecule has 0 fully saturated rings. The van der Waals surface area contributed by atoms with Crippen LogP contribution in [0.5, 0.6) is 0 Å². The zero-order valence-corrected chi connectivity index (χ0v) is 8.52. The highest BCUT2D eigenvalue weighted by molar-refractivity contribution is 5.85. The molecule has 0 radical (unpaired) electrons. The molecule has 0 heterocycles. The molecule has 0 spiro atoms. The van der Waals surface area contributed by atoms with Gasteiger partial charge in [0.2, 0.25) is 0 Å². The van der Waals surface area contributed by atoms with E-state index in [1.807, 2.05) is 24.3 Å². The Labute approximate surface area is 89.2 Å². The second-order valence-corrected chi connectivity index (χ2v) is 3.26. The van der Waals surface area contributed by atoms with Crippen molar-refractivity contribution >= 4 is 12.0 Å². The summed E-state index contributed by atoms with van der Waals surface area (Å²) in [5.41, 5.74) is 7.53. The standard InChI is InChI=1S/C12H15NO2/c13-9-3-6-10-4-1-2-5-11(10)7-8-12(14)15/h1-2,4-5,7-8H,3,6,9,13H2,(H,14,15)/b8-7+. The van der Waals surface area contributed by atoms with Gasteiger partial charge < -0.3 is 10.8 Å². The van der Waals surface area contributed by atoms with Crippen LogP contribution in [0.4, 0.5) is 0 Å². The van der Waals surface area contributed by atoms with Gasteiger partial charge in [0, 0.05) is 6.08 Å². The monoisotopic (exact) mass is 205 g/mol. The van der Waals surface area contributed by atoms with Crippen LogP contribution in [0.3, 0.4) is 0 Å². The summed E-state index contributed by atoms with van der Waals surface area (Å²) >= 11 is 0. The van der Waals surface area contributed by atoms with Gasteiger partial charge >= 0.3 is 5.97 Å². The summed E-state index contributed by atoms with van der Waals surface area (Å²) in [6.07, 6.45) is 4.57. The first-order valence-corrected chi connectivity index (χ1v) is 4.93. The van der Waals surface area contributed by atoms with E-state index in [2.05, 4.69) is 0 Å². The number of aryl methyl sites for hydroxylation is 1. The zero-order valence-electron chi connectivity index (χ0n) is 8.52. The summed E-state index contributed by atoms with van der Waals surface area (Å²) in [7, 11) is 0. The van der Waals surface area contributed by atoms with Gasteiger partial charge in [0.1, 0.15) is 0 Å². The number of nitrogens with two attached hydrogens (primary N) is 1. The van der Waals surface area contributed by atoms with Gasteiger partial charge in [-0.05, 0) is 36.6 Å². The van der Waals surface area contributed by atoms with Gasteiger partial charge in [0.25, 0.3) is 0 Å². The predicted octanol–water partition coefficient (Wildman–Crippen LogP) is 1.68. The van der Waals surface area contributed by atoms with Crippen LogP contribution in [0, 0.1) is 0 Å². The normalized spacial score (nSPS) is 10.7. The van der Waals surface area contributed by atoms with Gasteiger partial charge in [-0.2, -0.15) is 0 Å². The van der Waals surface area contributed by atoms with Crippen molar-refractivity contribution in [3.8, 4) is 0 Å². The molecule has 3 N–H and O–H groups in total. The Morgan fingerprint density at radius 3 is 2.80 bits per heavy atom. The molecule has 1 aromatic rings. The number of benzene rings is 1. The molecule has 1 aromatic carbocycles. The second-order valence-electron chi connectivity index (χ2n) is 3.26. The Kier molecular flexibility index (Phi) is 4.57. The van der Waals surface area contributed by atoms with Crippen LogP contribution >= 0.6 is 0 Å². The molecule has 3 heteroatoms. The van der Waals surface area contributed by atoms with E-state index in [4.69, 9.17) is 10.8 Å². The number of carboxylic acid groups (broad SMARTS) is 1. The lowest BCUT2D eigenvalue weighted by Crippen LogP contribution is -2.01. The topological polar surface area (TPSA) is 63.3 Å². The van der Waals surface area contributed by atoms with E-state index in [1.54, 1.807) is 6.08 Å². The van der Waals surface area contributed by atoms with Crippen LogP contribution in [0.1, 0.15) is 17.5 Å². The molecule has 3 nitrogen and oxygen atoms in total. The van der Waals surface area contributed by atoms with E-state index < -0.39 is 5.97 Å². The molecular weight excluding hydrogens is 190 g/mol. The van der Waals surface area contributed by atoms with Crippen molar-refractivity contribution < 1.29 is 9.90 Å². The number of aliphatic carboxylic acids is 1. The van der Waals surface area contributed by atoms with Gasteiger partial charge in [0.15, 0.2) is 0 Å². The number of carbonyl (C=O) groups is 1. The van der Waals surface area contributed by atoms with Crippen molar-refractivity contribution in [2.24, 2.45) is 5.73 Å². The average Bonchev–Trinajstić information content (AvgIpc) is 2.24. The third kappa shape index (κ3) is 3.95. The molecular formula is C12H15NO2. The van der Waals surface area contributed by atoms with Crippen molar-refractivity contribution in [2.75, 3.05) is 6.54 Å². The fraction of sp³-hybridized carbons (Fsp3) is 0.250. The maximum atomic E-state index is 10.4. The molecule has 0 atom stereocenters. The molecule has 0 amide bonds. The Bertz CT molecular complexity index is 358. The molecule has 0 unspecified atom stereocenters. The average molecular weight is 205 g/mol. The van der Waals surface area contributed by atoms with Crippen LogP contribution in [-0.2, 0) is 11.2 Å². The first-order valence-electron chi connectivity index (χ1n) is 4.93. The summed E-state index contributed by atoms with van der Waals surface area (Å²) in [5, 5.41) is 8.53. The molecule has 0 aliphatic carbocycles. The van der Waals surface area contributed by atoms with Crippen LogP contribution in [0.2, 0.25) is 0 Å². The minimum absolute atomic E-state index is 0.650. The van der Waals surface area contributed by atoms with Gasteiger partial charge in [-0.25, -0.2) is 4.79 Å². The Hall–Kier alpha value is -1.61. The van der Waals surface area contributed by atoms with E-state index in [1.165, 1.54) is 0 Å². The van der Waals surface area contributed by atoms with Crippen molar-refractivity contribution in [1.29, 1.82) is 0 Å². The van der Waals surface area contributed by atoms with Crippen molar-refractivity contribution in [3.05, 3.63) is 41.5 Å². The lowest BCUT2D eigenvalue weighted by Gasteiger charge is -2.04. The Morgan fingerprint density at radius 1 is 1.40 bits per heavy atom. The summed E-state index contributed by atoms with van der Waals surface area (Å²) in [6.45, 7) is 0.650. The first kappa shape index (κ1) is 11.5. The summed E-state index contributed by atoms with van der Waals surface area (Å²) in [4.78, 5) is 10.4. The predicted molar refractivity (Wildman–Crippen MR) is 60.5 cm³/mol. The van der Waals surface area contributed by atoms with Crippen molar-refractivity contribution in [2.45, 2.75) is 12.8 Å². The van der Waals surface area contributed by atoms with Gasteiger partial charge in [0.05, 0.1) is 0 Å². The van der Waals surface area contributed by atoms with Gasteiger partial charge in [-0.3, -0.25) is 0 Å². The van der Waals surface area contributed by atoms with Gasteiger partial charge in [-0.15, -0.1) is 0 Å². The number of hydrogen-bond donors (Lipinski definition) is 2. The highest BCUT2D eigenvalue weighted by Gasteiger charge is 1.98. The molecule has 0 saturated carbocycles. The lowest BCUT2D eigenvalue weighted by atomic mass is 10.0. The van der Waals surface area contributed by atoms with Crippen molar-refractivity contribution in [1.82, 2.24) is 0 Å². The van der Waals surface area contributed by atoms with Gasteiger partial charge in [-0.1, -0.05) is 24.3 Å². The maximum absolute atomic E-state index is 10.4. The Morgan fingerprint density at radius 2 is 2.13 bits per heavy atom. The first-order chi connectivity index (χ1) is 7.24. The molecule has 15 heavy (non-hydrogen) atoms. The molecule has 0 aromatic heterocycles. The van der Waals surface area contributed by atoms with Crippen LogP contribution < -0.4 is 5.73 Å². The van der Waals surface area contributed by atoms with E-state index in [0.717, 1.165) is 30.0 Å². The number of carboxylic acids is 1. The molecule has 0 bridgehead atoms. The number of rotatable bonds is 5. The molecule has 0 saturated heterocycles. The minimum Gasteiger partial charge on any atom is -0.478 e. The third-order valence-electron chi connectivity index (χ3n) is 2.11. The Balaban J connectivity index is 2.81. The molecule has 0 aliphatic rings. The highest BCUT2D eigenvalue weighted by Crippen LogP contribution is 2.12. The number of hydrogen-bond acceptors (Lipinski definition) is 2. The highest BCUT2D eigenvalue weighted by atomic mass is 16.4. The molecule has 80 valence electrons. The fourth-order valence-electron chi connectivity index (χ4n) is 1.38. The summed E-state index contributed by atoms with van der Waals surface area (Å²) in [6, 6.07) is 7.75. The quantitative estimate of drug-likeness (QED) is 0.719. The van der Waals surface area contributed by atoms with E-state index in [-0.39, 0.29) is 0 Å². The van der Waals surface area contributed by atoms with E-state index in [0.29, 0.717) is 6.54 Å². The largest absolute Gasteiger partial charge is 0.478 e. The van der Waals surface area contributed by atoms with Crippen LogP contribution in [0.25, 0.3) is 6.08 Å².